The second-order valence-corrected chi connectivity index (χ2v) is 9.78. The number of hydrogen-bond donors (Lipinski definition) is 0. The number of likely N-dealkylation sites (tertiary alicyclic amines) is 1. The SMILES string of the molecule is COc1ccc2c3c1O[C@H]1C4(CC[C@H]5[C@@H](C2)N(CC2CC2)CC[C@@]351)OCCO4. The lowest BCUT2D eigenvalue weighted by atomic mass is 9.50. The Morgan fingerprint density at radius 1 is 1.14 bits per heavy atom. The summed E-state index contributed by atoms with van der Waals surface area (Å²) in [5.74, 6) is 2.84. The first kappa shape index (κ1) is 16.5. The van der Waals surface area contributed by atoms with E-state index >= 15 is 0 Å². The fraction of sp³-hybridized carbons (Fsp3) is 0.739. The van der Waals surface area contributed by atoms with Gasteiger partial charge in [-0.3, -0.25) is 4.90 Å². The van der Waals surface area contributed by atoms with Crippen molar-refractivity contribution < 1.29 is 18.9 Å². The Morgan fingerprint density at radius 2 is 2.00 bits per heavy atom. The molecule has 3 aliphatic heterocycles. The maximum absolute atomic E-state index is 6.77. The van der Waals surface area contributed by atoms with Gasteiger partial charge in [0.1, 0.15) is 0 Å². The van der Waals surface area contributed by atoms with E-state index in [0.29, 0.717) is 25.2 Å². The summed E-state index contributed by atoms with van der Waals surface area (Å²) in [6.45, 7) is 3.82. The van der Waals surface area contributed by atoms with Crippen LogP contribution in [0.25, 0.3) is 0 Å². The molecular weight excluding hydrogens is 354 g/mol. The molecule has 0 unspecified atom stereocenters. The molecule has 4 fully saturated rings. The van der Waals surface area contributed by atoms with Gasteiger partial charge in [0, 0.05) is 30.0 Å². The molecule has 3 heterocycles. The monoisotopic (exact) mass is 383 g/mol. The summed E-state index contributed by atoms with van der Waals surface area (Å²) in [5, 5.41) is 0. The highest BCUT2D eigenvalue weighted by atomic mass is 16.8. The van der Waals surface area contributed by atoms with Gasteiger partial charge in [0.05, 0.1) is 20.3 Å². The molecule has 1 aromatic rings. The molecule has 4 atom stereocenters. The molecule has 28 heavy (non-hydrogen) atoms. The van der Waals surface area contributed by atoms with Gasteiger partial charge in [-0.15, -0.1) is 0 Å². The number of ether oxygens (including phenoxy) is 4. The Kier molecular flexibility index (Phi) is 3.20. The highest BCUT2D eigenvalue weighted by Crippen LogP contribution is 2.66. The maximum Gasteiger partial charge on any atom is 0.206 e. The van der Waals surface area contributed by atoms with Crippen molar-refractivity contribution in [1.82, 2.24) is 4.90 Å². The van der Waals surface area contributed by atoms with Crippen molar-refractivity contribution in [3.63, 3.8) is 0 Å². The molecule has 150 valence electrons. The van der Waals surface area contributed by atoms with E-state index in [9.17, 15) is 0 Å². The molecule has 0 amide bonds. The normalized spacial score (nSPS) is 39.7. The second-order valence-electron chi connectivity index (χ2n) is 9.78. The van der Waals surface area contributed by atoms with E-state index in [-0.39, 0.29) is 11.5 Å². The Labute approximate surface area is 166 Å². The van der Waals surface area contributed by atoms with Crippen LogP contribution in [-0.4, -0.2) is 56.2 Å². The van der Waals surface area contributed by atoms with Crippen LogP contribution in [0.5, 0.6) is 11.5 Å². The molecule has 2 spiro atoms. The number of benzene rings is 1. The molecular formula is C23H29NO4. The molecule has 1 aromatic carbocycles. The fourth-order valence-corrected chi connectivity index (χ4v) is 7.37. The lowest BCUT2D eigenvalue weighted by Gasteiger charge is -2.61. The third-order valence-corrected chi connectivity index (χ3v) is 8.60. The van der Waals surface area contributed by atoms with E-state index in [1.807, 2.05) is 0 Å². The van der Waals surface area contributed by atoms with Crippen molar-refractivity contribution in [2.24, 2.45) is 11.8 Å². The van der Waals surface area contributed by atoms with Crippen LogP contribution < -0.4 is 9.47 Å². The molecule has 0 radical (unpaired) electrons. The van der Waals surface area contributed by atoms with Crippen LogP contribution in [0.3, 0.4) is 0 Å². The third kappa shape index (κ3) is 1.89. The minimum atomic E-state index is -0.571. The van der Waals surface area contributed by atoms with Crippen molar-refractivity contribution in [1.29, 1.82) is 0 Å². The molecule has 2 saturated carbocycles. The van der Waals surface area contributed by atoms with Crippen LogP contribution in [0, 0.1) is 11.8 Å². The van der Waals surface area contributed by atoms with Gasteiger partial charge in [0.25, 0.3) is 0 Å². The van der Waals surface area contributed by atoms with Gasteiger partial charge < -0.3 is 18.9 Å². The van der Waals surface area contributed by atoms with Crippen molar-refractivity contribution in [3.8, 4) is 11.5 Å². The summed E-state index contributed by atoms with van der Waals surface area (Å²) in [5.41, 5.74) is 2.92. The second kappa shape index (κ2) is 5.44. The Balaban J connectivity index is 1.41. The quantitative estimate of drug-likeness (QED) is 0.803. The molecule has 5 nitrogen and oxygen atoms in total. The first-order valence-corrected chi connectivity index (χ1v) is 11.1. The summed E-state index contributed by atoms with van der Waals surface area (Å²) >= 11 is 0. The van der Waals surface area contributed by atoms with Crippen LogP contribution in [0.1, 0.15) is 43.2 Å². The first-order chi connectivity index (χ1) is 13.7. The van der Waals surface area contributed by atoms with Crippen LogP contribution in [0.4, 0.5) is 0 Å². The molecule has 7 rings (SSSR count). The molecule has 5 heteroatoms. The largest absolute Gasteiger partial charge is 0.493 e. The summed E-state index contributed by atoms with van der Waals surface area (Å²) in [7, 11) is 1.75. The number of fused-ring (bicyclic) bond motifs is 1. The maximum atomic E-state index is 6.77. The minimum Gasteiger partial charge on any atom is -0.493 e. The van der Waals surface area contributed by atoms with Crippen LogP contribution in [0.2, 0.25) is 0 Å². The van der Waals surface area contributed by atoms with Gasteiger partial charge in [-0.2, -0.15) is 0 Å². The topological polar surface area (TPSA) is 40.2 Å². The third-order valence-electron chi connectivity index (χ3n) is 8.60. The Bertz CT molecular complexity index is 830. The number of methoxy groups -OCH3 is 1. The number of nitrogens with zero attached hydrogens (tertiary/aromatic N) is 1. The van der Waals surface area contributed by atoms with Gasteiger partial charge in [-0.25, -0.2) is 0 Å². The van der Waals surface area contributed by atoms with Crippen molar-refractivity contribution in [3.05, 3.63) is 23.3 Å². The highest BCUT2D eigenvalue weighted by molar-refractivity contribution is 5.61. The average molecular weight is 383 g/mol. The van der Waals surface area contributed by atoms with E-state index in [4.69, 9.17) is 18.9 Å². The zero-order chi connectivity index (χ0) is 18.5. The predicted octanol–water partition coefficient (Wildman–Crippen LogP) is 2.89. The van der Waals surface area contributed by atoms with Gasteiger partial charge >= 0.3 is 0 Å². The van der Waals surface area contributed by atoms with E-state index in [1.165, 1.54) is 43.5 Å². The number of rotatable bonds is 3. The molecule has 2 saturated heterocycles. The molecule has 0 N–H and O–H groups in total. The number of hydrogen-bond acceptors (Lipinski definition) is 5. The summed E-state index contributed by atoms with van der Waals surface area (Å²) in [6, 6.07) is 5.03. The highest BCUT2D eigenvalue weighted by Gasteiger charge is 2.71. The average Bonchev–Trinajstić information content (AvgIpc) is 3.28. The smallest absolute Gasteiger partial charge is 0.206 e. The van der Waals surface area contributed by atoms with Crippen LogP contribution >= 0.6 is 0 Å². The predicted molar refractivity (Wildman–Crippen MR) is 103 cm³/mol. The van der Waals surface area contributed by atoms with E-state index in [2.05, 4.69) is 17.0 Å². The lowest BCUT2D eigenvalue weighted by Crippen LogP contribution is -2.70. The summed E-state index contributed by atoms with van der Waals surface area (Å²) in [4.78, 5) is 2.82. The van der Waals surface area contributed by atoms with E-state index < -0.39 is 5.79 Å². The van der Waals surface area contributed by atoms with Crippen molar-refractivity contribution in [2.75, 3.05) is 33.4 Å². The van der Waals surface area contributed by atoms with Crippen LogP contribution in [-0.2, 0) is 21.3 Å². The lowest BCUT2D eigenvalue weighted by molar-refractivity contribution is -0.261. The van der Waals surface area contributed by atoms with Gasteiger partial charge in [0.2, 0.25) is 5.79 Å². The van der Waals surface area contributed by atoms with Gasteiger partial charge in [-0.1, -0.05) is 6.07 Å². The molecule has 6 aliphatic rings. The van der Waals surface area contributed by atoms with Crippen molar-refractivity contribution in [2.45, 2.75) is 61.9 Å². The van der Waals surface area contributed by atoms with Crippen LogP contribution in [0.15, 0.2) is 12.1 Å². The minimum absolute atomic E-state index is 0.0186. The first-order valence-electron chi connectivity index (χ1n) is 11.1. The molecule has 0 aromatic heterocycles. The van der Waals surface area contributed by atoms with E-state index in [0.717, 1.165) is 36.7 Å². The Morgan fingerprint density at radius 3 is 2.79 bits per heavy atom. The zero-order valence-corrected chi connectivity index (χ0v) is 16.6. The summed E-state index contributed by atoms with van der Waals surface area (Å²) in [6.07, 6.45) is 7.22. The molecule has 2 bridgehead atoms. The Hall–Kier alpha value is -1.30. The van der Waals surface area contributed by atoms with E-state index in [1.54, 1.807) is 7.11 Å². The standard InChI is InChI=1S/C23H29NO4/c1-25-18-5-4-15-12-17-16-6-7-23(26-10-11-27-23)21-22(16,19(15)20(18)28-21)8-9-24(17)13-14-2-3-14/h4-5,14,16-17,21H,2-3,6-13H2,1H3/t16-,17+,21+,22-/m0/s1. The van der Waals surface area contributed by atoms with Crippen molar-refractivity contribution >= 4 is 0 Å². The zero-order valence-electron chi connectivity index (χ0n) is 16.6. The number of piperidine rings is 1. The van der Waals surface area contributed by atoms with Gasteiger partial charge in [-0.05, 0) is 62.1 Å². The van der Waals surface area contributed by atoms with Gasteiger partial charge in [0.15, 0.2) is 17.6 Å². The molecule has 3 aliphatic carbocycles. The summed E-state index contributed by atoms with van der Waals surface area (Å²) < 4.78 is 25.1. The fourth-order valence-electron chi connectivity index (χ4n) is 7.37.